The predicted octanol–water partition coefficient (Wildman–Crippen LogP) is 2.25. The molecule has 0 aliphatic carbocycles. The van der Waals surface area contributed by atoms with Gasteiger partial charge in [0.1, 0.15) is 18.4 Å². The van der Waals surface area contributed by atoms with Crippen molar-refractivity contribution in [1.82, 2.24) is 19.9 Å². The van der Waals surface area contributed by atoms with Crippen molar-refractivity contribution >= 4 is 29.2 Å². The summed E-state index contributed by atoms with van der Waals surface area (Å²) in [5, 5.41) is 10.9. The van der Waals surface area contributed by atoms with Crippen molar-refractivity contribution in [3.8, 4) is 5.69 Å². The molecule has 3 aromatic rings. The average Bonchev–Trinajstić information content (AvgIpc) is 3.26. The van der Waals surface area contributed by atoms with E-state index >= 15 is 0 Å². The van der Waals surface area contributed by atoms with Gasteiger partial charge >= 0.3 is 5.97 Å². The maximum Gasteiger partial charge on any atom is 0.310 e. The van der Waals surface area contributed by atoms with Crippen LogP contribution < -0.4 is 5.32 Å². The molecular weight excluding hydrogens is 374 g/mol. The smallest absolute Gasteiger partial charge is 0.310 e. The molecule has 27 heavy (non-hydrogen) atoms. The molecule has 1 N–H and O–H groups in total. The van der Waals surface area contributed by atoms with Crippen molar-refractivity contribution in [2.45, 2.75) is 20.3 Å². The van der Waals surface area contributed by atoms with Crippen molar-refractivity contribution < 1.29 is 18.8 Å². The molecule has 0 saturated heterocycles. The summed E-state index contributed by atoms with van der Waals surface area (Å²) >= 11 is 6.00. The highest BCUT2D eigenvalue weighted by Gasteiger charge is 2.16. The lowest BCUT2D eigenvalue weighted by Crippen LogP contribution is -2.22. The van der Waals surface area contributed by atoms with Crippen LogP contribution in [0.5, 0.6) is 0 Å². The normalized spacial score (nSPS) is 10.6. The molecule has 1 aromatic carbocycles. The number of nitrogens with one attached hydrogen (secondary N) is 1. The number of esters is 1. The number of anilines is 1. The summed E-state index contributed by atoms with van der Waals surface area (Å²) in [5.41, 5.74) is 2.26. The van der Waals surface area contributed by atoms with Gasteiger partial charge in [0.05, 0.1) is 23.5 Å². The first-order chi connectivity index (χ1) is 12.9. The van der Waals surface area contributed by atoms with E-state index in [4.69, 9.17) is 20.9 Å². The number of carbonyl (C=O) groups excluding carboxylic acids is 2. The van der Waals surface area contributed by atoms with Crippen LogP contribution in [0.1, 0.15) is 17.0 Å². The van der Waals surface area contributed by atoms with Crippen LogP contribution in [-0.2, 0) is 20.7 Å². The zero-order valence-electron chi connectivity index (χ0n) is 14.6. The zero-order chi connectivity index (χ0) is 19.4. The van der Waals surface area contributed by atoms with Crippen LogP contribution in [0.2, 0.25) is 5.02 Å². The minimum atomic E-state index is -0.554. The van der Waals surface area contributed by atoms with Gasteiger partial charge in [-0.25, -0.2) is 9.67 Å². The first-order valence-electron chi connectivity index (χ1n) is 7.96. The van der Waals surface area contributed by atoms with E-state index in [2.05, 4.69) is 20.6 Å². The van der Waals surface area contributed by atoms with Gasteiger partial charge in [0.15, 0.2) is 6.61 Å². The Hall–Kier alpha value is -3.20. The van der Waals surface area contributed by atoms with Crippen LogP contribution in [0.4, 0.5) is 5.69 Å². The number of hydrogen-bond donors (Lipinski definition) is 1. The summed E-state index contributed by atoms with van der Waals surface area (Å²) in [7, 11) is 0. The van der Waals surface area contributed by atoms with Crippen LogP contribution in [0.25, 0.3) is 5.69 Å². The molecule has 0 unspecified atom stereocenters. The average molecular weight is 390 g/mol. The number of hydrogen-bond acceptors (Lipinski definition) is 7. The molecular formula is C17H16ClN5O4. The van der Waals surface area contributed by atoms with Crippen molar-refractivity contribution in [3.63, 3.8) is 0 Å². The number of halogens is 1. The maximum atomic E-state index is 12.2. The molecule has 10 heteroatoms. The highest BCUT2D eigenvalue weighted by molar-refractivity contribution is 6.31. The Labute approximate surface area is 159 Å². The molecule has 0 fully saturated rings. The molecule has 0 aliphatic heterocycles. The Balaban J connectivity index is 1.61. The predicted molar refractivity (Wildman–Crippen MR) is 95.6 cm³/mol. The number of rotatable bonds is 6. The Morgan fingerprint density at radius 2 is 2.15 bits per heavy atom. The molecule has 0 aliphatic rings. The van der Waals surface area contributed by atoms with Gasteiger partial charge in [0.25, 0.3) is 5.91 Å². The Morgan fingerprint density at radius 1 is 1.33 bits per heavy atom. The fraction of sp³-hybridized carbons (Fsp3) is 0.235. The van der Waals surface area contributed by atoms with Gasteiger partial charge in [0.2, 0.25) is 0 Å². The maximum absolute atomic E-state index is 12.2. The minimum Gasteiger partial charge on any atom is -0.455 e. The standard InChI is InChI=1S/C17H16ClN5O4/c1-10-13(11(2)27-22-10)6-17(25)26-7-16(24)21-14-5-12(18)3-4-15(14)23-9-19-8-20-23/h3-5,8-9H,6-7H2,1-2H3,(H,21,24). The van der Waals surface area contributed by atoms with Crippen molar-refractivity contribution in [1.29, 1.82) is 0 Å². The summed E-state index contributed by atoms with van der Waals surface area (Å²) < 4.78 is 11.5. The number of carbonyl (C=O) groups is 2. The topological polar surface area (TPSA) is 112 Å². The summed E-state index contributed by atoms with van der Waals surface area (Å²) in [5.74, 6) is -0.516. The van der Waals surface area contributed by atoms with Crippen LogP contribution in [0.3, 0.4) is 0 Å². The molecule has 0 bridgehead atoms. The highest BCUT2D eigenvalue weighted by atomic mass is 35.5. The van der Waals surface area contributed by atoms with Gasteiger partial charge in [-0.3, -0.25) is 9.59 Å². The van der Waals surface area contributed by atoms with Crippen molar-refractivity contribution in [3.05, 3.63) is 52.9 Å². The van der Waals surface area contributed by atoms with Crippen LogP contribution in [0, 0.1) is 13.8 Å². The second-order valence-electron chi connectivity index (χ2n) is 5.69. The molecule has 0 spiro atoms. The summed E-state index contributed by atoms with van der Waals surface area (Å²) in [4.78, 5) is 28.0. The molecule has 0 radical (unpaired) electrons. The first-order valence-corrected chi connectivity index (χ1v) is 8.33. The van der Waals surface area contributed by atoms with Crippen molar-refractivity contribution in [2.75, 3.05) is 11.9 Å². The SMILES string of the molecule is Cc1noc(C)c1CC(=O)OCC(=O)Nc1cc(Cl)ccc1-n1cncn1. The highest BCUT2D eigenvalue weighted by Crippen LogP contribution is 2.24. The van der Waals surface area contributed by atoms with E-state index in [0.29, 0.717) is 33.4 Å². The van der Waals surface area contributed by atoms with Gasteiger partial charge in [-0.1, -0.05) is 16.8 Å². The lowest BCUT2D eigenvalue weighted by atomic mass is 10.1. The van der Waals surface area contributed by atoms with Gasteiger partial charge < -0.3 is 14.6 Å². The molecule has 3 rings (SSSR count). The van der Waals surface area contributed by atoms with Gasteiger partial charge in [0, 0.05) is 10.6 Å². The number of nitrogens with zero attached hydrogens (tertiary/aromatic N) is 4. The number of aryl methyl sites for hydroxylation is 2. The first kappa shape index (κ1) is 18.6. The van der Waals surface area contributed by atoms with E-state index in [1.165, 1.54) is 17.3 Å². The number of aromatic nitrogens is 4. The Bertz CT molecular complexity index is 948. The monoisotopic (exact) mass is 389 g/mol. The number of benzene rings is 1. The fourth-order valence-electron chi connectivity index (χ4n) is 2.42. The van der Waals surface area contributed by atoms with Gasteiger partial charge in [-0.2, -0.15) is 5.10 Å². The Morgan fingerprint density at radius 3 is 2.81 bits per heavy atom. The minimum absolute atomic E-state index is 0.0180. The lowest BCUT2D eigenvalue weighted by molar-refractivity contribution is -0.146. The van der Waals surface area contributed by atoms with Crippen molar-refractivity contribution in [2.24, 2.45) is 0 Å². The van der Waals surface area contributed by atoms with E-state index < -0.39 is 18.5 Å². The fourth-order valence-corrected chi connectivity index (χ4v) is 2.59. The molecule has 140 valence electrons. The van der Waals surface area contributed by atoms with E-state index in [1.54, 1.807) is 32.0 Å². The zero-order valence-corrected chi connectivity index (χ0v) is 15.4. The number of amides is 1. The lowest BCUT2D eigenvalue weighted by Gasteiger charge is -2.11. The molecule has 0 saturated carbocycles. The largest absolute Gasteiger partial charge is 0.455 e. The summed E-state index contributed by atoms with van der Waals surface area (Å²) in [6.07, 6.45) is 2.84. The molecule has 1 amide bonds. The van der Waals surface area contributed by atoms with E-state index in [0.717, 1.165) is 0 Å². The molecule has 9 nitrogen and oxygen atoms in total. The van der Waals surface area contributed by atoms with E-state index in [9.17, 15) is 9.59 Å². The van der Waals surface area contributed by atoms with Gasteiger partial charge in [-0.05, 0) is 32.0 Å². The number of ether oxygens (including phenoxy) is 1. The van der Waals surface area contributed by atoms with Crippen LogP contribution in [0.15, 0.2) is 35.4 Å². The van der Waals surface area contributed by atoms with E-state index in [1.807, 2.05) is 0 Å². The third kappa shape index (κ3) is 4.50. The molecule has 0 atom stereocenters. The van der Waals surface area contributed by atoms with Crippen LogP contribution >= 0.6 is 11.6 Å². The third-order valence-electron chi connectivity index (χ3n) is 3.76. The van der Waals surface area contributed by atoms with E-state index in [-0.39, 0.29) is 6.42 Å². The second-order valence-corrected chi connectivity index (χ2v) is 6.13. The summed E-state index contributed by atoms with van der Waals surface area (Å²) in [6, 6.07) is 4.93. The Kier molecular flexibility index (Phi) is 5.51. The van der Waals surface area contributed by atoms with Crippen LogP contribution in [-0.4, -0.2) is 38.4 Å². The second kappa shape index (κ2) is 8.00. The molecule has 2 aromatic heterocycles. The summed E-state index contributed by atoms with van der Waals surface area (Å²) in [6.45, 7) is 3.00. The third-order valence-corrected chi connectivity index (χ3v) is 4.00. The molecule has 2 heterocycles. The van der Waals surface area contributed by atoms with Gasteiger partial charge in [-0.15, -0.1) is 0 Å². The quantitative estimate of drug-likeness (QED) is 0.643.